The molecule has 3 aliphatic carbocycles. The molecule has 3 saturated carbocycles. The van der Waals surface area contributed by atoms with Crippen molar-refractivity contribution in [2.75, 3.05) is 12.4 Å². The molecule has 268 valence electrons. The van der Waals surface area contributed by atoms with E-state index in [1.165, 1.54) is 82.6 Å². The highest BCUT2D eigenvalue weighted by Gasteiger charge is 2.24. The van der Waals surface area contributed by atoms with Crippen molar-refractivity contribution in [1.82, 2.24) is 5.32 Å². The number of anilines is 1. The molecule has 0 aliphatic heterocycles. The van der Waals surface area contributed by atoms with Gasteiger partial charge in [0.1, 0.15) is 11.5 Å². The Morgan fingerprint density at radius 2 is 0.894 bits per heavy atom. The first-order valence-electron chi connectivity index (χ1n) is 19.2. The summed E-state index contributed by atoms with van der Waals surface area (Å²) < 4.78 is 5.69. The number of aryl methyl sites for hydroxylation is 1. The molecule has 3 fully saturated rings. The minimum Gasteiger partial charge on any atom is -0.457 e. The van der Waals surface area contributed by atoms with E-state index in [-0.39, 0.29) is 6.03 Å². The molecule has 0 atom stereocenters. The summed E-state index contributed by atoms with van der Waals surface area (Å²) in [4.78, 5) is 11.1. The minimum absolute atomic E-state index is 0.243. The lowest BCUT2D eigenvalue weighted by Gasteiger charge is -2.32. The molecule has 0 heterocycles. The van der Waals surface area contributed by atoms with E-state index in [9.17, 15) is 4.79 Å². The Morgan fingerprint density at radius 1 is 0.574 bits per heavy atom. The van der Waals surface area contributed by atoms with Crippen LogP contribution in [0.5, 0.6) is 11.5 Å². The molecule has 47 heavy (non-hydrogen) atoms. The van der Waals surface area contributed by atoms with Gasteiger partial charge in [-0.3, -0.25) is 0 Å². The first-order chi connectivity index (χ1) is 23.0. The van der Waals surface area contributed by atoms with Crippen molar-refractivity contribution in [3.8, 4) is 23.3 Å². The molecular weight excluding hydrogens is 576 g/mol. The Morgan fingerprint density at radius 3 is 1.21 bits per heavy atom. The van der Waals surface area contributed by atoms with Crippen LogP contribution in [-0.2, 0) is 0 Å². The summed E-state index contributed by atoms with van der Waals surface area (Å²) in [6, 6.07) is 14.8. The number of hydrogen-bond donors (Lipinski definition) is 2. The van der Waals surface area contributed by atoms with Crippen LogP contribution >= 0.6 is 0 Å². The van der Waals surface area contributed by atoms with Gasteiger partial charge in [0.2, 0.25) is 0 Å². The second-order valence-corrected chi connectivity index (χ2v) is 11.6. The SMILES string of the molecule is C1CCC(C2CCCCC2)CC1.C1CCCCC1.CC.CC.CC.CC#CC.CNC(=O)Nc1ccc(Oc2ccc(C)cc2)cc1. The molecular formula is C43H74N2O2. The van der Waals surface area contributed by atoms with Crippen molar-refractivity contribution in [2.24, 2.45) is 11.8 Å². The lowest BCUT2D eigenvalue weighted by molar-refractivity contribution is 0.196. The van der Waals surface area contributed by atoms with Crippen molar-refractivity contribution in [1.29, 1.82) is 0 Å². The number of hydrogen-bond acceptors (Lipinski definition) is 2. The highest BCUT2D eigenvalue weighted by molar-refractivity contribution is 5.88. The zero-order chi connectivity index (χ0) is 35.5. The van der Waals surface area contributed by atoms with E-state index in [1.807, 2.05) is 98.7 Å². The highest BCUT2D eigenvalue weighted by atomic mass is 16.5. The summed E-state index contributed by atoms with van der Waals surface area (Å²) in [5.74, 6) is 9.15. The molecule has 2 amide bonds. The van der Waals surface area contributed by atoms with Gasteiger partial charge in [-0.15, -0.1) is 11.8 Å². The normalized spacial score (nSPS) is 15.1. The third kappa shape index (κ3) is 24.8. The number of carbonyl (C=O) groups excluding carboxylic acids is 1. The summed E-state index contributed by atoms with van der Waals surface area (Å²) in [5.41, 5.74) is 1.91. The number of ether oxygens (including phenoxy) is 1. The molecule has 5 rings (SSSR count). The molecule has 0 aromatic heterocycles. The first kappa shape index (κ1) is 46.2. The van der Waals surface area contributed by atoms with Gasteiger partial charge in [-0.2, -0.15) is 0 Å². The first-order valence-corrected chi connectivity index (χ1v) is 19.2. The number of amides is 2. The Labute approximate surface area is 292 Å². The molecule has 0 radical (unpaired) electrons. The smallest absolute Gasteiger partial charge is 0.318 e. The average molecular weight is 651 g/mol. The minimum atomic E-state index is -0.243. The zero-order valence-corrected chi connectivity index (χ0v) is 32.4. The van der Waals surface area contributed by atoms with Crippen molar-refractivity contribution < 1.29 is 9.53 Å². The Hall–Kier alpha value is -2.93. The van der Waals surface area contributed by atoms with Gasteiger partial charge in [0.05, 0.1) is 0 Å². The number of benzene rings is 2. The molecule has 2 aromatic carbocycles. The standard InChI is InChI=1S/C15H16N2O2.C12H22.C6H12.C4H6.3C2H6/c1-11-3-7-13(8-4-11)19-14-9-5-12(6-10-14)17-15(18)16-2;1-3-7-11(8-4-1)12-9-5-2-6-10-12;1-2-4-6-5-3-1;1-3-4-2;3*1-2/h3-10H,1-2H3,(H2,16,17,18);11-12H,1-10H2;1-6H2;1-2H3;3*1-2H3. The average Bonchev–Trinajstić information content (AvgIpc) is 3.18. The van der Waals surface area contributed by atoms with Gasteiger partial charge in [0, 0.05) is 12.7 Å². The maximum Gasteiger partial charge on any atom is 0.318 e. The maximum absolute atomic E-state index is 11.1. The monoisotopic (exact) mass is 651 g/mol. The van der Waals surface area contributed by atoms with E-state index in [4.69, 9.17) is 4.74 Å². The van der Waals surface area contributed by atoms with Gasteiger partial charge in [-0.05, 0) is 69.0 Å². The molecule has 4 nitrogen and oxygen atoms in total. The lowest BCUT2D eigenvalue weighted by atomic mass is 9.73. The molecule has 3 aliphatic rings. The van der Waals surface area contributed by atoms with Crippen molar-refractivity contribution in [2.45, 2.75) is 165 Å². The van der Waals surface area contributed by atoms with Crippen LogP contribution in [0.2, 0.25) is 0 Å². The summed E-state index contributed by atoms with van der Waals surface area (Å²) in [6.45, 7) is 17.7. The van der Waals surface area contributed by atoms with Crippen LogP contribution in [0.4, 0.5) is 10.5 Å². The molecule has 2 aromatic rings. The van der Waals surface area contributed by atoms with Gasteiger partial charge < -0.3 is 15.4 Å². The van der Waals surface area contributed by atoms with Gasteiger partial charge in [-0.1, -0.05) is 162 Å². The van der Waals surface area contributed by atoms with Crippen molar-refractivity contribution in [3.05, 3.63) is 54.1 Å². The Kier molecular flexibility index (Phi) is 33.8. The van der Waals surface area contributed by atoms with Crippen LogP contribution < -0.4 is 15.4 Å². The van der Waals surface area contributed by atoms with Gasteiger partial charge in [-0.25, -0.2) is 4.79 Å². The summed E-state index contributed by atoms with van der Waals surface area (Å²) in [7, 11) is 1.57. The van der Waals surface area contributed by atoms with E-state index in [0.717, 1.165) is 29.0 Å². The van der Waals surface area contributed by atoms with Crippen molar-refractivity contribution in [3.63, 3.8) is 0 Å². The summed E-state index contributed by atoms with van der Waals surface area (Å²) in [6.07, 6.45) is 24.4. The number of urea groups is 1. The fourth-order valence-corrected chi connectivity index (χ4v) is 5.81. The number of carbonyl (C=O) groups is 1. The third-order valence-corrected chi connectivity index (χ3v) is 8.31. The van der Waals surface area contributed by atoms with Crippen LogP contribution in [-0.4, -0.2) is 13.1 Å². The number of rotatable bonds is 4. The topological polar surface area (TPSA) is 50.4 Å². The summed E-state index contributed by atoms with van der Waals surface area (Å²) in [5, 5.41) is 5.18. The molecule has 0 bridgehead atoms. The summed E-state index contributed by atoms with van der Waals surface area (Å²) >= 11 is 0. The van der Waals surface area contributed by atoms with Crippen LogP contribution in [0.25, 0.3) is 0 Å². The predicted molar refractivity (Wildman–Crippen MR) is 210 cm³/mol. The second-order valence-electron chi connectivity index (χ2n) is 11.6. The van der Waals surface area contributed by atoms with Crippen LogP contribution in [0.3, 0.4) is 0 Å². The Balaban J connectivity index is 0. The molecule has 4 heteroatoms. The van der Waals surface area contributed by atoms with E-state index < -0.39 is 0 Å². The van der Waals surface area contributed by atoms with Gasteiger partial charge in [0.15, 0.2) is 0 Å². The van der Waals surface area contributed by atoms with E-state index in [1.54, 1.807) is 44.9 Å². The van der Waals surface area contributed by atoms with E-state index >= 15 is 0 Å². The molecule has 0 unspecified atom stereocenters. The van der Waals surface area contributed by atoms with E-state index in [2.05, 4.69) is 22.5 Å². The second kappa shape index (κ2) is 34.4. The highest BCUT2D eigenvalue weighted by Crippen LogP contribution is 2.38. The van der Waals surface area contributed by atoms with E-state index in [0.29, 0.717) is 0 Å². The Bertz CT molecular complexity index is 955. The van der Waals surface area contributed by atoms with Crippen molar-refractivity contribution >= 4 is 11.7 Å². The predicted octanol–water partition coefficient (Wildman–Crippen LogP) is 14.1. The molecule has 0 spiro atoms. The van der Waals surface area contributed by atoms with Gasteiger partial charge in [0.25, 0.3) is 0 Å². The largest absolute Gasteiger partial charge is 0.457 e. The van der Waals surface area contributed by atoms with Crippen LogP contribution in [0.1, 0.15) is 164 Å². The van der Waals surface area contributed by atoms with Gasteiger partial charge >= 0.3 is 6.03 Å². The number of nitrogens with one attached hydrogen (secondary N) is 2. The quantitative estimate of drug-likeness (QED) is 0.324. The fraction of sp³-hybridized carbons (Fsp3) is 0.651. The maximum atomic E-state index is 11.1. The third-order valence-electron chi connectivity index (χ3n) is 8.31. The zero-order valence-electron chi connectivity index (χ0n) is 32.4. The molecule has 2 N–H and O–H groups in total. The molecule has 0 saturated heterocycles. The van der Waals surface area contributed by atoms with Crippen LogP contribution in [0, 0.1) is 30.6 Å². The fourth-order valence-electron chi connectivity index (χ4n) is 5.81. The lowest BCUT2D eigenvalue weighted by Crippen LogP contribution is -2.24. The van der Waals surface area contributed by atoms with Crippen LogP contribution in [0.15, 0.2) is 48.5 Å².